The third-order valence-corrected chi connectivity index (χ3v) is 4.57. The molecule has 0 bridgehead atoms. The molecule has 2 heterocycles. The van der Waals surface area contributed by atoms with Gasteiger partial charge in [-0.2, -0.15) is 0 Å². The van der Waals surface area contributed by atoms with E-state index in [1.807, 2.05) is 0 Å². The summed E-state index contributed by atoms with van der Waals surface area (Å²) in [4.78, 5) is 10.6. The van der Waals surface area contributed by atoms with Crippen molar-refractivity contribution < 1.29 is 5.11 Å². The van der Waals surface area contributed by atoms with Crippen LogP contribution in [-0.4, -0.2) is 47.7 Å². The Labute approximate surface area is 113 Å². The number of rotatable bonds is 5. The van der Waals surface area contributed by atoms with Gasteiger partial charge < -0.3 is 10.0 Å². The number of aryl methyl sites for hydroxylation is 1. The summed E-state index contributed by atoms with van der Waals surface area (Å²) >= 11 is 1.65. The fraction of sp³-hybridized carbons (Fsp3) is 0.769. The highest BCUT2D eigenvalue weighted by Crippen LogP contribution is 2.27. The van der Waals surface area contributed by atoms with Crippen LogP contribution in [0.1, 0.15) is 30.8 Å². The van der Waals surface area contributed by atoms with Crippen molar-refractivity contribution in [2.75, 3.05) is 37.6 Å². The van der Waals surface area contributed by atoms with Gasteiger partial charge in [0.15, 0.2) is 5.13 Å². The predicted octanol–water partition coefficient (Wildman–Crippen LogP) is 1.73. The maximum Gasteiger partial charge on any atom is 0.185 e. The van der Waals surface area contributed by atoms with Gasteiger partial charge in [0.25, 0.3) is 0 Å². The van der Waals surface area contributed by atoms with Crippen LogP contribution in [0.25, 0.3) is 0 Å². The highest BCUT2D eigenvalue weighted by Gasteiger charge is 2.20. The van der Waals surface area contributed by atoms with E-state index in [4.69, 9.17) is 0 Å². The second kappa shape index (κ2) is 6.50. The maximum atomic E-state index is 9.32. The van der Waals surface area contributed by atoms with E-state index in [2.05, 4.69) is 28.6 Å². The summed E-state index contributed by atoms with van der Waals surface area (Å²) in [6, 6.07) is 0. The van der Waals surface area contributed by atoms with Crippen LogP contribution in [0.4, 0.5) is 5.13 Å². The molecule has 1 N–H and O–H groups in total. The molecular weight excluding hydrogens is 246 g/mol. The molecule has 4 nitrogen and oxygen atoms in total. The van der Waals surface area contributed by atoms with E-state index < -0.39 is 0 Å². The van der Waals surface area contributed by atoms with Crippen LogP contribution in [0.2, 0.25) is 0 Å². The molecule has 1 aromatic rings. The van der Waals surface area contributed by atoms with Gasteiger partial charge in [0.1, 0.15) is 0 Å². The SMILES string of the molecule is CCCN1CCN(c2nc(CC)c(CO)s2)CC1. The molecule has 1 aliphatic rings. The second-order valence-corrected chi connectivity index (χ2v) is 5.77. The molecule has 0 saturated carbocycles. The van der Waals surface area contributed by atoms with Crippen molar-refractivity contribution >= 4 is 16.5 Å². The van der Waals surface area contributed by atoms with E-state index in [0.717, 1.165) is 48.3 Å². The standard InChI is InChI=1S/C13H23N3OS/c1-3-5-15-6-8-16(9-7-15)13-14-11(4-2)12(10-17)18-13/h17H,3-10H2,1-2H3. The van der Waals surface area contributed by atoms with E-state index in [1.165, 1.54) is 13.0 Å². The van der Waals surface area contributed by atoms with E-state index in [0.29, 0.717) is 0 Å². The molecule has 2 rings (SSSR count). The van der Waals surface area contributed by atoms with E-state index in [-0.39, 0.29) is 6.61 Å². The molecule has 0 atom stereocenters. The number of hydrogen-bond donors (Lipinski definition) is 1. The summed E-state index contributed by atoms with van der Waals surface area (Å²) in [7, 11) is 0. The van der Waals surface area contributed by atoms with E-state index in [9.17, 15) is 5.11 Å². The number of aromatic nitrogens is 1. The minimum atomic E-state index is 0.122. The van der Waals surface area contributed by atoms with E-state index in [1.54, 1.807) is 11.3 Å². The molecule has 1 fully saturated rings. The number of anilines is 1. The third kappa shape index (κ3) is 3.02. The Hall–Kier alpha value is -0.650. The fourth-order valence-corrected chi connectivity index (χ4v) is 3.44. The summed E-state index contributed by atoms with van der Waals surface area (Å²) in [5.41, 5.74) is 1.06. The first-order chi connectivity index (χ1) is 8.78. The minimum Gasteiger partial charge on any atom is -0.391 e. The predicted molar refractivity (Wildman–Crippen MR) is 76.4 cm³/mol. The lowest BCUT2D eigenvalue weighted by molar-refractivity contribution is 0.258. The molecule has 0 aliphatic carbocycles. The van der Waals surface area contributed by atoms with Crippen LogP contribution in [0, 0.1) is 0 Å². The third-order valence-electron chi connectivity index (χ3n) is 3.43. The Balaban J connectivity index is 1.98. The van der Waals surface area contributed by atoms with Gasteiger partial charge in [-0.1, -0.05) is 25.2 Å². The smallest absolute Gasteiger partial charge is 0.185 e. The van der Waals surface area contributed by atoms with Crippen molar-refractivity contribution in [2.24, 2.45) is 0 Å². The summed E-state index contributed by atoms with van der Waals surface area (Å²) in [6.07, 6.45) is 2.13. The van der Waals surface area contributed by atoms with Crippen LogP contribution in [0.15, 0.2) is 0 Å². The molecule has 0 amide bonds. The molecular formula is C13H23N3OS. The van der Waals surface area contributed by atoms with Gasteiger partial charge in [0, 0.05) is 26.2 Å². The van der Waals surface area contributed by atoms with Crippen LogP contribution < -0.4 is 4.90 Å². The van der Waals surface area contributed by atoms with Crippen molar-refractivity contribution in [3.05, 3.63) is 10.6 Å². The average Bonchev–Trinajstić information content (AvgIpc) is 2.83. The monoisotopic (exact) mass is 269 g/mol. The molecule has 102 valence electrons. The van der Waals surface area contributed by atoms with Crippen molar-refractivity contribution in [1.82, 2.24) is 9.88 Å². The maximum absolute atomic E-state index is 9.32. The van der Waals surface area contributed by atoms with E-state index >= 15 is 0 Å². The largest absolute Gasteiger partial charge is 0.391 e. The number of nitrogens with zero attached hydrogens (tertiary/aromatic N) is 3. The first kappa shape index (κ1) is 13.8. The molecule has 0 spiro atoms. The van der Waals surface area contributed by atoms with Crippen LogP contribution >= 0.6 is 11.3 Å². The molecule has 5 heteroatoms. The highest BCUT2D eigenvalue weighted by atomic mass is 32.1. The highest BCUT2D eigenvalue weighted by molar-refractivity contribution is 7.15. The summed E-state index contributed by atoms with van der Waals surface area (Å²) < 4.78 is 0. The Bertz CT molecular complexity index is 351. The summed E-state index contributed by atoms with van der Waals surface area (Å²) in [6.45, 7) is 10.0. The van der Waals surface area contributed by atoms with Gasteiger partial charge >= 0.3 is 0 Å². The van der Waals surface area contributed by atoms with Gasteiger partial charge in [-0.25, -0.2) is 4.98 Å². The molecule has 1 aromatic heterocycles. The Kier molecular flexibility index (Phi) is 4.97. The van der Waals surface area contributed by atoms with Crippen molar-refractivity contribution in [3.8, 4) is 0 Å². The molecule has 18 heavy (non-hydrogen) atoms. The topological polar surface area (TPSA) is 39.6 Å². The Morgan fingerprint density at radius 3 is 2.44 bits per heavy atom. The van der Waals surface area contributed by atoms with Gasteiger partial charge in [-0.3, -0.25) is 4.90 Å². The number of aliphatic hydroxyl groups excluding tert-OH is 1. The number of piperazine rings is 1. The average molecular weight is 269 g/mol. The zero-order chi connectivity index (χ0) is 13.0. The lowest BCUT2D eigenvalue weighted by atomic mass is 10.3. The zero-order valence-corrected chi connectivity index (χ0v) is 12.2. The van der Waals surface area contributed by atoms with Crippen molar-refractivity contribution in [3.63, 3.8) is 0 Å². The summed E-state index contributed by atoms with van der Waals surface area (Å²) in [5, 5.41) is 10.4. The first-order valence-corrected chi connectivity index (χ1v) is 7.66. The molecule has 0 aromatic carbocycles. The quantitative estimate of drug-likeness (QED) is 0.883. The van der Waals surface area contributed by atoms with Gasteiger partial charge in [-0.05, 0) is 19.4 Å². The normalized spacial score (nSPS) is 17.4. The second-order valence-electron chi connectivity index (χ2n) is 4.71. The molecule has 1 aliphatic heterocycles. The van der Waals surface area contributed by atoms with Gasteiger partial charge in [-0.15, -0.1) is 0 Å². The molecule has 0 unspecified atom stereocenters. The Morgan fingerprint density at radius 1 is 1.22 bits per heavy atom. The van der Waals surface area contributed by atoms with Gasteiger partial charge in [0.05, 0.1) is 17.2 Å². The lowest BCUT2D eigenvalue weighted by Crippen LogP contribution is -2.46. The number of hydrogen-bond acceptors (Lipinski definition) is 5. The van der Waals surface area contributed by atoms with Crippen LogP contribution in [0.3, 0.4) is 0 Å². The molecule has 1 saturated heterocycles. The first-order valence-electron chi connectivity index (χ1n) is 6.85. The van der Waals surface area contributed by atoms with Crippen molar-refractivity contribution in [1.29, 1.82) is 0 Å². The number of aliphatic hydroxyl groups is 1. The fourth-order valence-electron chi connectivity index (χ4n) is 2.38. The summed E-state index contributed by atoms with van der Waals surface area (Å²) in [5.74, 6) is 0. The lowest BCUT2D eigenvalue weighted by Gasteiger charge is -2.34. The number of thiazole rings is 1. The Morgan fingerprint density at radius 2 is 1.94 bits per heavy atom. The van der Waals surface area contributed by atoms with Crippen LogP contribution in [-0.2, 0) is 13.0 Å². The van der Waals surface area contributed by atoms with Crippen LogP contribution in [0.5, 0.6) is 0 Å². The van der Waals surface area contributed by atoms with Crippen molar-refractivity contribution in [2.45, 2.75) is 33.3 Å². The van der Waals surface area contributed by atoms with Gasteiger partial charge in [0.2, 0.25) is 0 Å². The zero-order valence-electron chi connectivity index (χ0n) is 11.4. The molecule has 0 radical (unpaired) electrons. The minimum absolute atomic E-state index is 0.122.